The summed E-state index contributed by atoms with van der Waals surface area (Å²) in [5.41, 5.74) is 6.54. The molecule has 1 rings (SSSR count). The largest absolute Gasteiger partial charge is 0.481 e. The number of carboxylic acid groups (broad SMARTS) is 3. The Labute approximate surface area is 184 Å². The number of nitrogen functional groups attached to an aromatic ring is 1. The van der Waals surface area contributed by atoms with Gasteiger partial charge in [0.1, 0.15) is 12.1 Å². The Balaban J connectivity index is 2.51. The summed E-state index contributed by atoms with van der Waals surface area (Å²) >= 11 is 0. The minimum atomic E-state index is -1.46. The maximum Gasteiger partial charge on any atom is 0.326 e. The number of nitrogens with two attached hydrogens (primary N) is 1. The van der Waals surface area contributed by atoms with Gasteiger partial charge in [-0.1, -0.05) is 0 Å². The summed E-state index contributed by atoms with van der Waals surface area (Å²) in [6, 6.07) is 2.75. The van der Waals surface area contributed by atoms with Crippen molar-refractivity contribution in [2.45, 2.75) is 44.2 Å². The molecule has 0 aliphatic rings. The van der Waals surface area contributed by atoms with Gasteiger partial charge < -0.3 is 36.6 Å². The molecule has 0 spiro atoms. The number of aliphatic carboxylic acids is 3. The zero-order valence-electron chi connectivity index (χ0n) is 17.6. The predicted molar refractivity (Wildman–Crippen MR) is 113 cm³/mol. The van der Waals surface area contributed by atoms with Crippen LogP contribution in [0.25, 0.3) is 0 Å². The van der Waals surface area contributed by atoms with E-state index in [9.17, 15) is 29.1 Å². The van der Waals surface area contributed by atoms with Gasteiger partial charge in [-0.25, -0.2) is 14.4 Å². The number of nitrogens with one attached hydrogen (secondary N) is 2. The molecule has 12 nitrogen and oxygen atoms in total. The van der Waals surface area contributed by atoms with E-state index in [1.54, 1.807) is 24.3 Å². The van der Waals surface area contributed by atoms with Gasteiger partial charge in [0.15, 0.2) is 0 Å². The molecule has 3 amide bonds. The number of urea groups is 1. The van der Waals surface area contributed by atoms with Crippen LogP contribution in [0.2, 0.25) is 0 Å². The third-order valence-electron chi connectivity index (χ3n) is 4.68. The molecule has 12 heteroatoms. The Kier molecular flexibility index (Phi) is 10.5. The number of nitrogens with zero attached hydrogens (tertiary/aromatic N) is 1. The van der Waals surface area contributed by atoms with E-state index in [1.165, 1.54) is 7.05 Å². The van der Waals surface area contributed by atoms with Crippen LogP contribution in [-0.4, -0.2) is 75.7 Å². The van der Waals surface area contributed by atoms with E-state index in [4.69, 9.17) is 15.9 Å². The predicted octanol–water partition coefficient (Wildman–Crippen LogP) is 0.582. The molecule has 1 aromatic carbocycles. The second kappa shape index (κ2) is 12.8. The number of hydrogen-bond donors (Lipinski definition) is 6. The minimum absolute atomic E-state index is 0.0733. The number of hydrogen-bond acceptors (Lipinski definition) is 6. The number of likely N-dealkylation sites (N-methyl/N-ethyl adjacent to an activating group) is 1. The Morgan fingerprint density at radius 2 is 1.59 bits per heavy atom. The highest BCUT2D eigenvalue weighted by molar-refractivity contribution is 5.94. The van der Waals surface area contributed by atoms with Crippen molar-refractivity contribution in [2.75, 3.05) is 19.3 Å². The summed E-state index contributed by atoms with van der Waals surface area (Å²) < 4.78 is 0. The van der Waals surface area contributed by atoms with Gasteiger partial charge in [-0.15, -0.1) is 0 Å². The Bertz CT molecular complexity index is 827. The molecule has 0 unspecified atom stereocenters. The Hall–Kier alpha value is -3.83. The zero-order chi connectivity index (χ0) is 24.3. The van der Waals surface area contributed by atoms with E-state index >= 15 is 0 Å². The second-order valence-electron chi connectivity index (χ2n) is 7.11. The fraction of sp³-hybridized carbons (Fsp3) is 0.450. The first-order chi connectivity index (χ1) is 15.0. The molecule has 176 valence electrons. The van der Waals surface area contributed by atoms with Crippen molar-refractivity contribution in [1.82, 2.24) is 15.5 Å². The summed E-state index contributed by atoms with van der Waals surface area (Å²) in [6.07, 6.45) is 0.0965. The first-order valence-electron chi connectivity index (χ1n) is 9.87. The molecule has 32 heavy (non-hydrogen) atoms. The lowest BCUT2D eigenvalue weighted by Crippen LogP contribution is -2.52. The first-order valence-corrected chi connectivity index (χ1v) is 9.87. The topological polar surface area (TPSA) is 199 Å². The summed E-state index contributed by atoms with van der Waals surface area (Å²) in [7, 11) is 1.22. The molecule has 0 saturated carbocycles. The van der Waals surface area contributed by atoms with Gasteiger partial charge in [0, 0.05) is 31.3 Å². The van der Waals surface area contributed by atoms with Crippen molar-refractivity contribution in [3.8, 4) is 0 Å². The smallest absolute Gasteiger partial charge is 0.326 e. The van der Waals surface area contributed by atoms with Crippen molar-refractivity contribution in [1.29, 1.82) is 0 Å². The highest BCUT2D eigenvalue weighted by Gasteiger charge is 2.29. The Morgan fingerprint density at radius 3 is 2.12 bits per heavy atom. The minimum Gasteiger partial charge on any atom is -0.481 e. The van der Waals surface area contributed by atoms with E-state index < -0.39 is 42.4 Å². The normalized spacial score (nSPS) is 12.3. The third-order valence-corrected chi connectivity index (χ3v) is 4.68. The summed E-state index contributed by atoms with van der Waals surface area (Å²) in [4.78, 5) is 58.6. The van der Waals surface area contributed by atoms with Crippen LogP contribution < -0.4 is 16.4 Å². The van der Waals surface area contributed by atoms with Crippen LogP contribution in [0, 0.1) is 0 Å². The van der Waals surface area contributed by atoms with E-state index in [1.807, 2.05) is 0 Å². The standard InChI is InChI=1S/C20H28N4O8/c1-24(20(32)23-14(18(28)29)9-10-16(25)26)15(19(30)31)4-2-3-11-22-17(27)12-5-7-13(21)8-6-12/h5-8,14-15H,2-4,9-11,21H2,1H3,(H,22,27)(H,23,32)(H,25,26)(H,28,29)(H,30,31)/t14-,15-/m0/s1. The van der Waals surface area contributed by atoms with Gasteiger partial charge >= 0.3 is 23.9 Å². The maximum absolute atomic E-state index is 12.3. The quantitative estimate of drug-likeness (QED) is 0.183. The summed E-state index contributed by atoms with van der Waals surface area (Å²) in [6.45, 7) is 0.293. The van der Waals surface area contributed by atoms with Crippen LogP contribution in [0.4, 0.5) is 10.5 Å². The molecule has 0 fully saturated rings. The molecular formula is C20H28N4O8. The molecule has 0 aromatic heterocycles. The van der Waals surface area contributed by atoms with Crippen molar-refractivity contribution in [3.63, 3.8) is 0 Å². The van der Waals surface area contributed by atoms with E-state index in [-0.39, 0.29) is 18.7 Å². The molecular weight excluding hydrogens is 424 g/mol. The second-order valence-corrected chi connectivity index (χ2v) is 7.11. The van der Waals surface area contributed by atoms with Crippen LogP contribution in [-0.2, 0) is 14.4 Å². The summed E-state index contributed by atoms with van der Waals surface area (Å²) in [5.74, 6) is -4.20. The lowest BCUT2D eigenvalue weighted by Gasteiger charge is -2.26. The number of rotatable bonds is 13. The van der Waals surface area contributed by atoms with Crippen molar-refractivity contribution in [3.05, 3.63) is 29.8 Å². The number of anilines is 1. The number of carbonyl (C=O) groups is 5. The van der Waals surface area contributed by atoms with E-state index in [2.05, 4.69) is 10.6 Å². The number of benzene rings is 1. The van der Waals surface area contributed by atoms with Gasteiger partial charge in [-0.05, 0) is 49.9 Å². The average Bonchev–Trinajstić information content (AvgIpc) is 2.72. The Morgan fingerprint density at radius 1 is 0.969 bits per heavy atom. The van der Waals surface area contributed by atoms with Crippen molar-refractivity contribution >= 4 is 35.5 Å². The lowest BCUT2D eigenvalue weighted by molar-refractivity contribution is -0.142. The van der Waals surface area contributed by atoms with Crippen LogP contribution in [0.5, 0.6) is 0 Å². The zero-order valence-corrected chi connectivity index (χ0v) is 17.6. The van der Waals surface area contributed by atoms with E-state index in [0.717, 1.165) is 4.90 Å². The average molecular weight is 452 g/mol. The molecule has 0 aliphatic heterocycles. The van der Waals surface area contributed by atoms with Crippen LogP contribution in [0.3, 0.4) is 0 Å². The fourth-order valence-corrected chi connectivity index (χ4v) is 2.80. The molecule has 0 radical (unpaired) electrons. The molecule has 0 saturated heterocycles. The van der Waals surface area contributed by atoms with Crippen LogP contribution >= 0.6 is 0 Å². The van der Waals surface area contributed by atoms with Gasteiger partial charge in [-0.2, -0.15) is 0 Å². The fourth-order valence-electron chi connectivity index (χ4n) is 2.80. The third kappa shape index (κ3) is 8.90. The molecule has 0 heterocycles. The van der Waals surface area contributed by atoms with E-state index in [0.29, 0.717) is 30.6 Å². The molecule has 2 atom stereocenters. The number of carboxylic acids is 3. The maximum atomic E-state index is 12.3. The van der Waals surface area contributed by atoms with Crippen LogP contribution in [0.1, 0.15) is 42.5 Å². The molecule has 1 aromatic rings. The lowest BCUT2D eigenvalue weighted by atomic mass is 10.1. The van der Waals surface area contributed by atoms with Gasteiger partial charge in [0.05, 0.1) is 0 Å². The number of unbranched alkanes of at least 4 members (excludes halogenated alkanes) is 1. The molecule has 0 bridgehead atoms. The van der Waals surface area contributed by atoms with Crippen molar-refractivity contribution < 1.29 is 39.3 Å². The highest BCUT2D eigenvalue weighted by atomic mass is 16.4. The summed E-state index contributed by atoms with van der Waals surface area (Å²) in [5, 5.41) is 32.1. The molecule has 0 aliphatic carbocycles. The first kappa shape index (κ1) is 26.2. The van der Waals surface area contributed by atoms with Crippen molar-refractivity contribution in [2.24, 2.45) is 0 Å². The highest BCUT2D eigenvalue weighted by Crippen LogP contribution is 2.10. The van der Waals surface area contributed by atoms with Gasteiger partial charge in [-0.3, -0.25) is 9.59 Å². The van der Waals surface area contributed by atoms with Crippen LogP contribution in [0.15, 0.2) is 24.3 Å². The van der Waals surface area contributed by atoms with Gasteiger partial charge in [0.25, 0.3) is 5.91 Å². The SMILES string of the molecule is CN(C(=O)N[C@@H](CCC(=O)O)C(=O)O)[C@@H](CCCCNC(=O)c1ccc(N)cc1)C(=O)O. The van der Waals surface area contributed by atoms with Gasteiger partial charge in [0.2, 0.25) is 0 Å². The monoisotopic (exact) mass is 452 g/mol. The number of carbonyl (C=O) groups excluding carboxylic acids is 2. The molecule has 7 N–H and O–H groups in total. The number of amides is 3.